The molecule has 0 aliphatic carbocycles. The van der Waals surface area contributed by atoms with Crippen LogP contribution in [0.25, 0.3) is 0 Å². The van der Waals surface area contributed by atoms with Crippen molar-refractivity contribution < 1.29 is 31.6 Å². The predicted octanol–water partition coefficient (Wildman–Crippen LogP) is -5.00. The Morgan fingerprint density at radius 2 is 1.00 bits per heavy atom. The zero-order valence-corrected chi connectivity index (χ0v) is 3.43. The van der Waals surface area contributed by atoms with Gasteiger partial charge in [0, 0.05) is 0 Å². The fourth-order valence-electron chi connectivity index (χ4n) is 0. The molecule has 0 amide bonds. The second-order valence-electron chi connectivity index (χ2n) is 0.105. The zero-order chi connectivity index (χ0) is 2.71. The van der Waals surface area contributed by atoms with E-state index in [-0.39, 0.29) is 58.8 Å². The van der Waals surface area contributed by atoms with Gasteiger partial charge in [0.2, 0.25) is 0 Å². The first-order chi connectivity index (χ1) is 1.41. The predicted molar refractivity (Wildman–Crippen MR) is 30.3 cm³/mol. The molecule has 0 aliphatic heterocycles. The van der Waals surface area contributed by atoms with Crippen LogP contribution in [0.5, 0.6) is 0 Å². The van der Waals surface area contributed by atoms with Crippen LogP contribution in [0.3, 0.4) is 0 Å². The van der Waals surface area contributed by atoms with Crippen molar-refractivity contribution in [3.63, 3.8) is 0 Å². The zero-order valence-electron chi connectivity index (χ0n) is 3.43. The Bertz CT molecular complexity index is 16.0. The van der Waals surface area contributed by atoms with Gasteiger partial charge in [-0.3, -0.25) is 0 Å². The molecule has 8 heavy (non-hydrogen) atoms. The third-order valence-electron chi connectivity index (χ3n) is 0. The summed E-state index contributed by atoms with van der Waals surface area (Å²) in [4.78, 5) is 0. The van der Waals surface area contributed by atoms with Crippen LogP contribution < -0.4 is 0 Å². The van der Waals surface area contributed by atoms with Crippen LogP contribution in [-0.4, -0.2) is 63.8 Å². The van der Waals surface area contributed by atoms with Gasteiger partial charge in [-0.05, 0) is 0 Å². The van der Waals surface area contributed by atoms with Gasteiger partial charge in [-0.15, -0.1) is 0 Å². The molecular formula is H10BNaO6. The van der Waals surface area contributed by atoms with E-state index >= 15 is 0 Å². The first-order valence-corrected chi connectivity index (χ1v) is 0.494. The summed E-state index contributed by atoms with van der Waals surface area (Å²) in [6.45, 7) is 0. The van der Waals surface area contributed by atoms with Gasteiger partial charge < -0.3 is 21.9 Å². The molecule has 6 nitrogen and oxygen atoms in total. The fourth-order valence-corrected chi connectivity index (χ4v) is 0. The molecule has 0 heterocycles. The Hall–Kier alpha value is 0.505. The molecule has 0 rings (SSSR count). The molecule has 0 bridgehead atoms. The maximum absolute atomic E-state index is 8.36. The molecule has 0 saturated carbocycles. The molecule has 0 aromatic heterocycles. The average molecular weight is 140 g/mol. The molecule has 9 N–H and O–H groups in total. The van der Waals surface area contributed by atoms with Gasteiger partial charge in [0.15, 0.2) is 0 Å². The van der Waals surface area contributed by atoms with Gasteiger partial charge >= 0.3 is 46.6 Å². The fraction of sp³-hybridized carbons (Fsp3) is 0. The van der Waals surface area contributed by atoms with E-state index in [4.69, 9.17) is 9.73 Å². The van der Waals surface area contributed by atoms with Gasteiger partial charge in [0.05, 0.1) is 0 Å². The van der Waals surface area contributed by atoms with Crippen molar-refractivity contribution in [2.24, 2.45) is 0 Å². The summed E-state index contributed by atoms with van der Waals surface area (Å²) in [5.74, 6) is 0. The van der Waals surface area contributed by atoms with Crippen molar-refractivity contribution in [1.29, 1.82) is 0 Å². The Kier molecular flexibility index (Phi) is 1340. The van der Waals surface area contributed by atoms with Crippen molar-refractivity contribution >= 4 is 36.9 Å². The van der Waals surface area contributed by atoms with E-state index in [2.05, 4.69) is 0 Å². The van der Waals surface area contributed by atoms with Crippen molar-refractivity contribution in [3.8, 4) is 0 Å². The minimum atomic E-state index is -0.250. The van der Waals surface area contributed by atoms with Gasteiger partial charge in [-0.2, -0.15) is 0 Å². The third-order valence-corrected chi connectivity index (χ3v) is 0. The molecule has 0 spiro atoms. The molecule has 0 saturated heterocycles. The molecular weight excluding hydrogens is 130 g/mol. The van der Waals surface area contributed by atoms with Crippen LogP contribution in [0, 0.1) is 0 Å². The molecule has 8 heteroatoms. The van der Waals surface area contributed by atoms with E-state index < -0.39 is 0 Å². The second kappa shape index (κ2) is 140. The van der Waals surface area contributed by atoms with Crippen LogP contribution in [-0.2, 0) is 4.70 Å². The van der Waals surface area contributed by atoms with Gasteiger partial charge in [0.25, 0.3) is 0 Å². The SMILES string of the molecule is O.O.O.O.O=BO.[NaH]. The van der Waals surface area contributed by atoms with Crippen LogP contribution in [0.1, 0.15) is 0 Å². The van der Waals surface area contributed by atoms with Crippen LogP contribution in [0.4, 0.5) is 0 Å². The average Bonchev–Trinajstić information content (AvgIpc) is 0.918. The Morgan fingerprint density at radius 3 is 1.00 bits per heavy atom. The number of hydrogen-bond donors (Lipinski definition) is 1. The first kappa shape index (κ1) is 76.3. The second-order valence-corrected chi connectivity index (χ2v) is 0.105. The molecule has 0 fully saturated rings. The summed E-state index contributed by atoms with van der Waals surface area (Å²) < 4.78 is 8.36. The Labute approximate surface area is 68.7 Å². The van der Waals surface area contributed by atoms with Crippen LogP contribution in [0.2, 0.25) is 0 Å². The van der Waals surface area contributed by atoms with E-state index in [1.807, 2.05) is 0 Å². The van der Waals surface area contributed by atoms with E-state index in [1.165, 1.54) is 0 Å². The monoisotopic (exact) mass is 140 g/mol. The normalized spacial score (nSPS) is 1.00. The molecule has 0 aromatic rings. The number of rotatable bonds is 0. The van der Waals surface area contributed by atoms with E-state index in [0.717, 1.165) is 0 Å². The summed E-state index contributed by atoms with van der Waals surface area (Å²) in [5, 5.41) is 6.89. The molecule has 0 aliphatic rings. The maximum atomic E-state index is 8.36. The molecule has 0 aromatic carbocycles. The van der Waals surface area contributed by atoms with E-state index in [1.54, 1.807) is 0 Å². The van der Waals surface area contributed by atoms with Gasteiger partial charge in [0.1, 0.15) is 0 Å². The molecule has 0 radical (unpaired) electrons. The molecule has 50 valence electrons. The number of hydrogen-bond acceptors (Lipinski definition) is 1. The van der Waals surface area contributed by atoms with Crippen molar-refractivity contribution in [3.05, 3.63) is 0 Å². The quantitative estimate of drug-likeness (QED) is 0.333. The Morgan fingerprint density at radius 1 is 1.00 bits per heavy atom. The minimum absolute atomic E-state index is 0. The van der Waals surface area contributed by atoms with Crippen LogP contribution in [0.15, 0.2) is 0 Å². The molecule has 0 atom stereocenters. The summed E-state index contributed by atoms with van der Waals surface area (Å²) in [6, 6.07) is 0. The van der Waals surface area contributed by atoms with E-state index in [9.17, 15) is 0 Å². The van der Waals surface area contributed by atoms with Crippen LogP contribution >= 0.6 is 0 Å². The van der Waals surface area contributed by atoms with Crippen molar-refractivity contribution in [2.75, 3.05) is 0 Å². The first-order valence-electron chi connectivity index (χ1n) is 0.494. The van der Waals surface area contributed by atoms with Gasteiger partial charge in [-0.25, -0.2) is 0 Å². The Balaban J connectivity index is -0.00000000200. The summed E-state index contributed by atoms with van der Waals surface area (Å²) >= 11 is 0. The summed E-state index contributed by atoms with van der Waals surface area (Å²) in [7, 11) is -0.250. The summed E-state index contributed by atoms with van der Waals surface area (Å²) in [6.07, 6.45) is 0. The summed E-state index contributed by atoms with van der Waals surface area (Å²) in [5.41, 5.74) is 0. The topological polar surface area (TPSA) is 163 Å². The van der Waals surface area contributed by atoms with Crippen molar-refractivity contribution in [1.82, 2.24) is 0 Å². The standard InChI is InChI=1S/BHO2.Na.4H2O.H/c2-1-3;;;;;;/h2H;;4*1H2;. The van der Waals surface area contributed by atoms with Crippen molar-refractivity contribution in [2.45, 2.75) is 0 Å². The van der Waals surface area contributed by atoms with Gasteiger partial charge in [-0.1, -0.05) is 0 Å². The third kappa shape index (κ3) is 773. The van der Waals surface area contributed by atoms with E-state index in [0.29, 0.717) is 0 Å². The molecule has 0 unspecified atom stereocenters.